The van der Waals surface area contributed by atoms with Gasteiger partial charge in [0.2, 0.25) is 0 Å². The van der Waals surface area contributed by atoms with Crippen LogP contribution in [0.5, 0.6) is 11.5 Å². The number of nitrogens with zero attached hydrogens (tertiary/aromatic N) is 4. The van der Waals surface area contributed by atoms with Crippen molar-refractivity contribution >= 4 is 41.5 Å². The highest BCUT2D eigenvalue weighted by Crippen LogP contribution is 2.38. The fourth-order valence-corrected chi connectivity index (χ4v) is 3.91. The quantitative estimate of drug-likeness (QED) is 0.351. The summed E-state index contributed by atoms with van der Waals surface area (Å²) < 4.78 is 19.3. The van der Waals surface area contributed by atoms with Gasteiger partial charge in [-0.25, -0.2) is 4.99 Å². The molecule has 1 N–H and O–H groups in total. The van der Waals surface area contributed by atoms with Gasteiger partial charge in [0.05, 0.1) is 44.1 Å². The van der Waals surface area contributed by atoms with E-state index in [0.717, 1.165) is 43.1 Å². The second kappa shape index (κ2) is 11.2. The van der Waals surface area contributed by atoms with Crippen LogP contribution in [0.15, 0.2) is 29.5 Å². The molecule has 10 heteroatoms. The third-order valence-electron chi connectivity index (χ3n) is 5.07. The molecule has 0 radical (unpaired) electrons. The van der Waals surface area contributed by atoms with Crippen molar-refractivity contribution in [2.75, 3.05) is 39.5 Å². The number of aryl methyl sites for hydroxylation is 1. The predicted molar refractivity (Wildman–Crippen MR) is 131 cm³/mol. The molecule has 2 aromatic rings. The molecule has 0 spiro atoms. The first-order valence-electron chi connectivity index (χ1n) is 10.4. The number of hydrogen-bond acceptors (Lipinski definition) is 5. The van der Waals surface area contributed by atoms with Crippen LogP contribution in [0.2, 0.25) is 5.02 Å². The summed E-state index contributed by atoms with van der Waals surface area (Å²) in [4.78, 5) is 7.09. The Bertz CT molecular complexity index is 907. The average molecular weight is 562 g/mol. The topological polar surface area (TPSA) is 73.1 Å². The summed E-state index contributed by atoms with van der Waals surface area (Å²) in [5.41, 5.74) is 2.06. The van der Waals surface area contributed by atoms with Gasteiger partial charge in [-0.05, 0) is 24.6 Å². The van der Waals surface area contributed by atoms with Gasteiger partial charge >= 0.3 is 0 Å². The zero-order valence-corrected chi connectivity index (χ0v) is 20.9. The largest absolute Gasteiger partial charge is 0.489 e. The third kappa shape index (κ3) is 5.95. The van der Waals surface area contributed by atoms with Crippen LogP contribution < -0.4 is 14.8 Å². The van der Waals surface area contributed by atoms with Crippen molar-refractivity contribution in [1.82, 2.24) is 20.0 Å². The number of guanidine groups is 1. The summed E-state index contributed by atoms with van der Waals surface area (Å²) in [6, 6.07) is 3.87. The van der Waals surface area contributed by atoms with Crippen molar-refractivity contribution in [1.29, 1.82) is 0 Å². The zero-order chi connectivity index (χ0) is 20.9. The lowest BCUT2D eigenvalue weighted by Gasteiger charge is -2.34. The van der Waals surface area contributed by atoms with Crippen molar-refractivity contribution in [3.05, 3.63) is 40.7 Å². The molecule has 1 aromatic heterocycles. The van der Waals surface area contributed by atoms with E-state index in [0.29, 0.717) is 42.9 Å². The molecule has 2 aliphatic rings. The Labute approximate surface area is 204 Å². The fourth-order valence-electron chi connectivity index (χ4n) is 3.62. The van der Waals surface area contributed by atoms with Crippen LogP contribution in [-0.2, 0) is 18.3 Å². The van der Waals surface area contributed by atoms with Gasteiger partial charge in [0.15, 0.2) is 17.5 Å². The lowest BCUT2D eigenvalue weighted by molar-refractivity contribution is -0.00805. The lowest BCUT2D eigenvalue weighted by atomic mass is 10.1. The van der Waals surface area contributed by atoms with Gasteiger partial charge in [-0.1, -0.05) is 11.6 Å². The molecule has 0 amide bonds. The Morgan fingerprint density at radius 3 is 2.90 bits per heavy atom. The van der Waals surface area contributed by atoms with Crippen LogP contribution in [0.1, 0.15) is 30.6 Å². The number of ether oxygens (including phenoxy) is 3. The average Bonchev–Trinajstić information content (AvgIpc) is 3.04. The fraction of sp³-hybridized carbons (Fsp3) is 0.524. The van der Waals surface area contributed by atoms with Crippen molar-refractivity contribution in [3.8, 4) is 11.5 Å². The molecular weight excluding hydrogens is 533 g/mol. The van der Waals surface area contributed by atoms with E-state index in [9.17, 15) is 0 Å². The number of aliphatic imine (C=N–C) groups is 1. The first-order chi connectivity index (χ1) is 14.6. The molecule has 1 atom stereocenters. The number of halogens is 2. The molecule has 0 bridgehead atoms. The summed E-state index contributed by atoms with van der Waals surface area (Å²) in [5.74, 6) is 2.18. The molecule has 31 heavy (non-hydrogen) atoms. The van der Waals surface area contributed by atoms with E-state index in [4.69, 9.17) is 30.8 Å². The molecule has 8 nitrogen and oxygen atoms in total. The summed E-state index contributed by atoms with van der Waals surface area (Å²) >= 11 is 6.43. The van der Waals surface area contributed by atoms with Crippen molar-refractivity contribution in [2.24, 2.45) is 12.0 Å². The molecule has 0 aliphatic carbocycles. The maximum atomic E-state index is 6.43. The van der Waals surface area contributed by atoms with E-state index < -0.39 is 0 Å². The van der Waals surface area contributed by atoms with Crippen molar-refractivity contribution < 1.29 is 14.2 Å². The van der Waals surface area contributed by atoms with Crippen LogP contribution >= 0.6 is 35.6 Å². The van der Waals surface area contributed by atoms with Gasteiger partial charge in [0, 0.05) is 38.3 Å². The normalized spacial score (nSPS) is 18.9. The van der Waals surface area contributed by atoms with E-state index in [2.05, 4.69) is 22.2 Å². The summed E-state index contributed by atoms with van der Waals surface area (Å²) in [7, 11) is 1.91. The van der Waals surface area contributed by atoms with Gasteiger partial charge in [0.1, 0.15) is 6.10 Å². The predicted octanol–water partition coefficient (Wildman–Crippen LogP) is 3.39. The standard InChI is InChI=1S/C21H28ClN5O3.HI/c1-3-23-21(27-5-8-29-19(14-27)16-12-25-26(2)13-16)24-11-15-9-17(22)20-18(10-15)28-6-4-7-30-20;/h9-10,12-13,19H,3-8,11,14H2,1-2H3,(H,23,24);1H. The van der Waals surface area contributed by atoms with E-state index in [1.54, 1.807) is 4.68 Å². The van der Waals surface area contributed by atoms with E-state index in [-0.39, 0.29) is 30.1 Å². The SMILES string of the molecule is CCNC(=NCc1cc(Cl)c2c(c1)OCCCO2)N1CCOC(c2cnn(C)c2)C1.I. The first kappa shape index (κ1) is 23.9. The smallest absolute Gasteiger partial charge is 0.194 e. The Balaban J connectivity index is 0.00000272. The van der Waals surface area contributed by atoms with Gasteiger partial charge in [-0.2, -0.15) is 5.10 Å². The van der Waals surface area contributed by atoms with Crippen LogP contribution in [0.4, 0.5) is 0 Å². The summed E-state index contributed by atoms with van der Waals surface area (Å²) in [5, 5.41) is 8.22. The molecule has 1 fully saturated rings. The minimum atomic E-state index is -0.0243. The van der Waals surface area contributed by atoms with Crippen LogP contribution in [-0.4, -0.2) is 60.1 Å². The maximum Gasteiger partial charge on any atom is 0.194 e. The number of nitrogens with one attached hydrogen (secondary N) is 1. The van der Waals surface area contributed by atoms with Crippen LogP contribution in [0.3, 0.4) is 0 Å². The minimum Gasteiger partial charge on any atom is -0.489 e. The second-order valence-corrected chi connectivity index (χ2v) is 7.79. The van der Waals surface area contributed by atoms with E-state index >= 15 is 0 Å². The van der Waals surface area contributed by atoms with Crippen LogP contribution in [0.25, 0.3) is 0 Å². The zero-order valence-electron chi connectivity index (χ0n) is 17.8. The van der Waals surface area contributed by atoms with Crippen molar-refractivity contribution in [3.63, 3.8) is 0 Å². The van der Waals surface area contributed by atoms with Gasteiger partial charge in [-0.3, -0.25) is 4.68 Å². The van der Waals surface area contributed by atoms with Gasteiger partial charge in [0.25, 0.3) is 0 Å². The molecule has 1 unspecified atom stereocenters. The summed E-state index contributed by atoms with van der Waals surface area (Å²) in [6.07, 6.45) is 4.68. The van der Waals surface area contributed by atoms with E-state index in [1.807, 2.05) is 31.6 Å². The highest BCUT2D eigenvalue weighted by Gasteiger charge is 2.25. The van der Waals surface area contributed by atoms with Gasteiger partial charge in [-0.15, -0.1) is 24.0 Å². The van der Waals surface area contributed by atoms with E-state index in [1.165, 1.54) is 0 Å². The number of aromatic nitrogens is 2. The second-order valence-electron chi connectivity index (χ2n) is 7.38. The number of rotatable bonds is 4. The number of morpholine rings is 1. The molecule has 0 saturated carbocycles. The molecule has 3 heterocycles. The first-order valence-corrected chi connectivity index (χ1v) is 10.7. The van der Waals surface area contributed by atoms with Gasteiger partial charge < -0.3 is 24.4 Å². The highest BCUT2D eigenvalue weighted by atomic mass is 127. The monoisotopic (exact) mass is 561 g/mol. The maximum absolute atomic E-state index is 6.43. The molecule has 1 saturated heterocycles. The molecule has 4 rings (SSSR count). The van der Waals surface area contributed by atoms with Crippen LogP contribution in [0, 0.1) is 0 Å². The number of hydrogen-bond donors (Lipinski definition) is 1. The van der Waals surface area contributed by atoms with Crippen molar-refractivity contribution in [2.45, 2.75) is 26.0 Å². The molecule has 170 valence electrons. The number of fused-ring (bicyclic) bond motifs is 1. The molecule has 2 aliphatic heterocycles. The Morgan fingerprint density at radius 1 is 1.29 bits per heavy atom. The molecular formula is C21H29ClIN5O3. The lowest BCUT2D eigenvalue weighted by Crippen LogP contribution is -2.48. The minimum absolute atomic E-state index is 0. The third-order valence-corrected chi connectivity index (χ3v) is 5.35. The Morgan fingerprint density at radius 2 is 2.13 bits per heavy atom. The summed E-state index contributed by atoms with van der Waals surface area (Å²) in [6.45, 7) is 6.73. The molecule has 1 aromatic carbocycles. The Kier molecular flexibility index (Phi) is 8.67. The number of benzene rings is 1. The highest BCUT2D eigenvalue weighted by molar-refractivity contribution is 14.0. The Hall–Kier alpha value is -1.72.